The van der Waals surface area contributed by atoms with Crippen molar-refractivity contribution in [2.75, 3.05) is 37.6 Å². The summed E-state index contributed by atoms with van der Waals surface area (Å²) in [6.07, 6.45) is 8.12. The van der Waals surface area contributed by atoms with Crippen molar-refractivity contribution in [3.8, 4) is 5.69 Å². The standard InChI is InChI=1S/C22H28N8O.HI/c1-3-23-22(28-13-14-29(21(31)17-28)20-15-26-27(2)16-20)24-11-9-18-5-7-19(8-6-18)30-12-4-10-25-30;/h4-8,10,12,15-16H,3,9,11,13-14,17H2,1-2H3,(H,23,24);1H. The first-order chi connectivity index (χ1) is 15.1. The van der Waals surface area contributed by atoms with Crippen molar-refractivity contribution in [2.24, 2.45) is 12.0 Å². The highest BCUT2D eigenvalue weighted by Crippen LogP contribution is 2.16. The molecule has 4 rings (SSSR count). The van der Waals surface area contributed by atoms with Crippen LogP contribution in [0.4, 0.5) is 5.69 Å². The molecule has 1 N–H and O–H groups in total. The Hall–Kier alpha value is -2.89. The molecular formula is C22H29IN8O. The highest BCUT2D eigenvalue weighted by atomic mass is 127. The monoisotopic (exact) mass is 548 g/mol. The van der Waals surface area contributed by atoms with Crippen LogP contribution >= 0.6 is 24.0 Å². The largest absolute Gasteiger partial charge is 0.357 e. The van der Waals surface area contributed by atoms with E-state index in [1.54, 1.807) is 22.0 Å². The zero-order valence-corrected chi connectivity index (χ0v) is 20.7. The van der Waals surface area contributed by atoms with E-state index < -0.39 is 0 Å². The molecule has 0 saturated carbocycles. The van der Waals surface area contributed by atoms with Crippen molar-refractivity contribution in [2.45, 2.75) is 13.3 Å². The number of hydrogen-bond acceptors (Lipinski definition) is 4. The van der Waals surface area contributed by atoms with E-state index in [4.69, 9.17) is 4.99 Å². The fraction of sp³-hybridized carbons (Fsp3) is 0.364. The summed E-state index contributed by atoms with van der Waals surface area (Å²) in [4.78, 5) is 21.3. The molecule has 1 aliphatic heterocycles. The summed E-state index contributed by atoms with van der Waals surface area (Å²) in [5.74, 6) is 0.842. The van der Waals surface area contributed by atoms with Crippen molar-refractivity contribution in [3.63, 3.8) is 0 Å². The average molecular weight is 548 g/mol. The molecule has 1 aromatic carbocycles. The maximum absolute atomic E-state index is 12.7. The van der Waals surface area contributed by atoms with Crippen molar-refractivity contribution < 1.29 is 4.79 Å². The number of guanidine groups is 1. The minimum absolute atomic E-state index is 0. The molecule has 1 saturated heterocycles. The number of aliphatic imine (C=N–C) groups is 1. The van der Waals surface area contributed by atoms with Crippen LogP contribution in [0, 0.1) is 0 Å². The summed E-state index contributed by atoms with van der Waals surface area (Å²) in [6.45, 7) is 5.10. The third-order valence-electron chi connectivity index (χ3n) is 5.23. The van der Waals surface area contributed by atoms with Gasteiger partial charge in [-0.1, -0.05) is 12.1 Å². The molecule has 1 fully saturated rings. The molecule has 9 nitrogen and oxygen atoms in total. The number of carbonyl (C=O) groups excluding carboxylic acids is 1. The zero-order chi connectivity index (χ0) is 21.6. The average Bonchev–Trinajstić information content (AvgIpc) is 3.46. The number of nitrogens with one attached hydrogen (secondary N) is 1. The smallest absolute Gasteiger partial charge is 0.246 e. The Bertz CT molecular complexity index is 1030. The Morgan fingerprint density at radius 3 is 2.59 bits per heavy atom. The van der Waals surface area contributed by atoms with Gasteiger partial charge in [0, 0.05) is 51.8 Å². The molecule has 1 amide bonds. The van der Waals surface area contributed by atoms with E-state index in [0.717, 1.165) is 36.8 Å². The Kier molecular flexibility index (Phi) is 8.26. The number of anilines is 1. The molecule has 0 atom stereocenters. The van der Waals surface area contributed by atoms with Gasteiger partial charge in [-0.3, -0.25) is 14.5 Å². The molecule has 2 aromatic heterocycles. The molecule has 3 aromatic rings. The number of halogens is 1. The summed E-state index contributed by atoms with van der Waals surface area (Å²) in [6, 6.07) is 10.2. The zero-order valence-electron chi connectivity index (χ0n) is 18.4. The highest BCUT2D eigenvalue weighted by molar-refractivity contribution is 14.0. The van der Waals surface area contributed by atoms with Crippen LogP contribution in [0.2, 0.25) is 0 Å². The molecular weight excluding hydrogens is 519 g/mol. The molecule has 0 spiro atoms. The van der Waals surface area contributed by atoms with Crippen molar-refractivity contribution >= 4 is 41.5 Å². The van der Waals surface area contributed by atoms with Gasteiger partial charge in [-0.25, -0.2) is 4.68 Å². The lowest BCUT2D eigenvalue weighted by molar-refractivity contribution is -0.120. The molecule has 0 aliphatic carbocycles. The normalized spacial score (nSPS) is 14.4. The van der Waals surface area contributed by atoms with Crippen molar-refractivity contribution in [3.05, 3.63) is 60.7 Å². The number of hydrogen-bond donors (Lipinski definition) is 1. The summed E-state index contributed by atoms with van der Waals surface area (Å²) in [5, 5.41) is 11.7. The van der Waals surface area contributed by atoms with Gasteiger partial charge in [0.15, 0.2) is 5.96 Å². The number of benzene rings is 1. The van der Waals surface area contributed by atoms with Gasteiger partial charge >= 0.3 is 0 Å². The second kappa shape index (κ2) is 11.1. The maximum Gasteiger partial charge on any atom is 0.246 e. The molecule has 0 bridgehead atoms. The molecule has 0 radical (unpaired) electrons. The van der Waals surface area contributed by atoms with Crippen molar-refractivity contribution in [1.82, 2.24) is 29.8 Å². The van der Waals surface area contributed by atoms with Gasteiger partial charge in [0.1, 0.15) is 6.54 Å². The van der Waals surface area contributed by atoms with Gasteiger partial charge in [0.2, 0.25) is 5.91 Å². The Balaban J connectivity index is 0.00000289. The van der Waals surface area contributed by atoms with Gasteiger partial charge in [-0.15, -0.1) is 24.0 Å². The number of aryl methyl sites for hydroxylation is 1. The number of rotatable bonds is 6. The van der Waals surface area contributed by atoms with Crippen LogP contribution in [0.1, 0.15) is 12.5 Å². The van der Waals surface area contributed by atoms with Crippen LogP contribution in [0.3, 0.4) is 0 Å². The van der Waals surface area contributed by atoms with Crippen LogP contribution in [-0.4, -0.2) is 69.1 Å². The topological polar surface area (TPSA) is 83.6 Å². The van der Waals surface area contributed by atoms with Gasteiger partial charge in [-0.2, -0.15) is 10.2 Å². The fourth-order valence-electron chi connectivity index (χ4n) is 3.63. The van der Waals surface area contributed by atoms with Crippen LogP contribution < -0.4 is 10.2 Å². The third kappa shape index (κ3) is 5.67. The number of amides is 1. The quantitative estimate of drug-likeness (QED) is 0.290. The molecule has 1 aliphatic rings. The van der Waals surface area contributed by atoms with Gasteiger partial charge < -0.3 is 15.1 Å². The van der Waals surface area contributed by atoms with E-state index in [2.05, 4.69) is 39.8 Å². The van der Waals surface area contributed by atoms with E-state index in [1.807, 2.05) is 42.0 Å². The summed E-state index contributed by atoms with van der Waals surface area (Å²) < 4.78 is 3.55. The number of carbonyl (C=O) groups is 1. The number of aromatic nitrogens is 4. The summed E-state index contributed by atoms with van der Waals surface area (Å²) in [7, 11) is 1.85. The first-order valence-electron chi connectivity index (χ1n) is 10.6. The maximum atomic E-state index is 12.7. The second-order valence-electron chi connectivity index (χ2n) is 7.44. The Morgan fingerprint density at radius 1 is 1.16 bits per heavy atom. The minimum Gasteiger partial charge on any atom is -0.357 e. The summed E-state index contributed by atoms with van der Waals surface area (Å²) in [5.41, 5.74) is 3.09. The predicted octanol–water partition coefficient (Wildman–Crippen LogP) is 2.08. The molecule has 3 heterocycles. The lowest BCUT2D eigenvalue weighted by atomic mass is 10.1. The first kappa shape index (κ1) is 23.8. The lowest BCUT2D eigenvalue weighted by Gasteiger charge is -2.35. The number of nitrogens with zero attached hydrogens (tertiary/aromatic N) is 7. The minimum atomic E-state index is 0. The first-order valence-corrected chi connectivity index (χ1v) is 10.6. The lowest BCUT2D eigenvalue weighted by Crippen LogP contribution is -2.55. The van der Waals surface area contributed by atoms with Crippen molar-refractivity contribution in [1.29, 1.82) is 0 Å². The molecule has 0 unspecified atom stereocenters. The predicted molar refractivity (Wildman–Crippen MR) is 136 cm³/mol. The van der Waals surface area contributed by atoms with Gasteiger partial charge in [0.25, 0.3) is 0 Å². The fourth-order valence-corrected chi connectivity index (χ4v) is 3.63. The highest BCUT2D eigenvalue weighted by Gasteiger charge is 2.27. The Labute approximate surface area is 205 Å². The van der Waals surface area contributed by atoms with Crippen LogP contribution in [0.25, 0.3) is 5.69 Å². The van der Waals surface area contributed by atoms with E-state index in [1.165, 1.54) is 5.56 Å². The third-order valence-corrected chi connectivity index (χ3v) is 5.23. The van der Waals surface area contributed by atoms with Gasteiger partial charge in [-0.05, 0) is 37.1 Å². The second-order valence-corrected chi connectivity index (χ2v) is 7.44. The van der Waals surface area contributed by atoms with Crippen LogP contribution in [0.5, 0.6) is 0 Å². The van der Waals surface area contributed by atoms with Crippen LogP contribution in [0.15, 0.2) is 60.1 Å². The van der Waals surface area contributed by atoms with Crippen LogP contribution in [-0.2, 0) is 18.3 Å². The molecule has 170 valence electrons. The van der Waals surface area contributed by atoms with E-state index in [0.29, 0.717) is 19.6 Å². The van der Waals surface area contributed by atoms with Gasteiger partial charge in [0.05, 0.1) is 17.6 Å². The number of piperazine rings is 1. The summed E-state index contributed by atoms with van der Waals surface area (Å²) >= 11 is 0. The van der Waals surface area contributed by atoms with E-state index in [-0.39, 0.29) is 29.9 Å². The van der Waals surface area contributed by atoms with E-state index in [9.17, 15) is 4.79 Å². The Morgan fingerprint density at radius 2 is 1.97 bits per heavy atom. The SMILES string of the molecule is CCNC(=NCCc1ccc(-n2cccn2)cc1)N1CCN(c2cnn(C)c2)C(=O)C1.I. The molecule has 10 heteroatoms. The molecule has 32 heavy (non-hydrogen) atoms. The van der Waals surface area contributed by atoms with E-state index >= 15 is 0 Å².